The fourth-order valence-corrected chi connectivity index (χ4v) is 2.28. The number of methoxy groups -OCH3 is 1. The standard InChI is InChI=1S/C17H18FNO2/c1-11-8-13(18)10-14(9-11)19-16(17(20)21-3)15-7-5-4-6-12(15)2/h4-10,16,19H,1-3H3. The van der Waals surface area contributed by atoms with Gasteiger partial charge in [0.2, 0.25) is 0 Å². The minimum atomic E-state index is -0.669. The second-order valence-corrected chi connectivity index (χ2v) is 4.97. The smallest absolute Gasteiger partial charge is 0.332 e. The number of rotatable bonds is 4. The van der Waals surface area contributed by atoms with E-state index in [1.54, 1.807) is 13.0 Å². The Morgan fingerprint density at radius 2 is 1.90 bits per heavy atom. The van der Waals surface area contributed by atoms with Crippen LogP contribution in [0.2, 0.25) is 0 Å². The highest BCUT2D eigenvalue weighted by atomic mass is 19.1. The molecule has 0 aliphatic heterocycles. The Hall–Kier alpha value is -2.36. The number of aryl methyl sites for hydroxylation is 2. The third-order valence-electron chi connectivity index (χ3n) is 3.29. The normalized spacial score (nSPS) is 11.8. The van der Waals surface area contributed by atoms with Crippen LogP contribution in [0.3, 0.4) is 0 Å². The lowest BCUT2D eigenvalue weighted by molar-refractivity contribution is -0.141. The lowest BCUT2D eigenvalue weighted by atomic mass is 10.0. The number of halogens is 1. The zero-order valence-corrected chi connectivity index (χ0v) is 12.3. The van der Waals surface area contributed by atoms with Gasteiger partial charge in [0.25, 0.3) is 0 Å². The van der Waals surface area contributed by atoms with Crippen LogP contribution in [0.1, 0.15) is 22.7 Å². The van der Waals surface area contributed by atoms with Gasteiger partial charge < -0.3 is 10.1 Å². The minimum Gasteiger partial charge on any atom is -0.467 e. The maximum absolute atomic E-state index is 13.5. The summed E-state index contributed by atoms with van der Waals surface area (Å²) >= 11 is 0. The van der Waals surface area contributed by atoms with Crippen molar-refractivity contribution in [2.45, 2.75) is 19.9 Å². The Morgan fingerprint density at radius 3 is 2.52 bits per heavy atom. The van der Waals surface area contributed by atoms with Crippen molar-refractivity contribution in [2.75, 3.05) is 12.4 Å². The molecular formula is C17H18FNO2. The molecule has 21 heavy (non-hydrogen) atoms. The average Bonchev–Trinajstić information content (AvgIpc) is 2.44. The Labute approximate surface area is 123 Å². The van der Waals surface area contributed by atoms with Gasteiger partial charge in [-0.25, -0.2) is 9.18 Å². The molecule has 2 aromatic rings. The van der Waals surface area contributed by atoms with Gasteiger partial charge in [0.1, 0.15) is 5.82 Å². The zero-order chi connectivity index (χ0) is 15.4. The minimum absolute atomic E-state index is 0.342. The van der Waals surface area contributed by atoms with Gasteiger partial charge in [0.05, 0.1) is 7.11 Å². The second kappa shape index (κ2) is 6.39. The van der Waals surface area contributed by atoms with Crippen LogP contribution < -0.4 is 5.32 Å². The summed E-state index contributed by atoms with van der Waals surface area (Å²) in [6, 6.07) is 11.5. The van der Waals surface area contributed by atoms with Gasteiger partial charge in [-0.2, -0.15) is 0 Å². The molecule has 110 valence electrons. The second-order valence-electron chi connectivity index (χ2n) is 4.97. The van der Waals surface area contributed by atoms with Crippen molar-refractivity contribution < 1.29 is 13.9 Å². The maximum Gasteiger partial charge on any atom is 0.332 e. The first-order valence-electron chi connectivity index (χ1n) is 6.68. The number of carbonyl (C=O) groups is 1. The summed E-state index contributed by atoms with van der Waals surface area (Å²) in [4.78, 5) is 12.1. The molecule has 0 aliphatic carbocycles. The summed E-state index contributed by atoms with van der Waals surface area (Å²) in [6.07, 6.45) is 0. The molecule has 1 atom stereocenters. The van der Waals surface area contributed by atoms with Gasteiger partial charge in [-0.15, -0.1) is 0 Å². The molecule has 0 fully saturated rings. The molecule has 0 saturated carbocycles. The molecule has 0 aromatic heterocycles. The fraction of sp³-hybridized carbons (Fsp3) is 0.235. The van der Waals surface area contributed by atoms with E-state index in [2.05, 4.69) is 5.32 Å². The summed E-state index contributed by atoms with van der Waals surface area (Å²) in [6.45, 7) is 3.72. The van der Waals surface area contributed by atoms with E-state index >= 15 is 0 Å². The molecule has 0 heterocycles. The van der Waals surface area contributed by atoms with E-state index in [9.17, 15) is 9.18 Å². The van der Waals surface area contributed by atoms with E-state index < -0.39 is 12.0 Å². The van der Waals surface area contributed by atoms with Crippen molar-refractivity contribution in [3.05, 3.63) is 65.0 Å². The monoisotopic (exact) mass is 287 g/mol. The van der Waals surface area contributed by atoms with Crippen LogP contribution in [-0.2, 0) is 9.53 Å². The van der Waals surface area contributed by atoms with Crippen LogP contribution in [0, 0.1) is 19.7 Å². The number of carbonyl (C=O) groups excluding carboxylic acids is 1. The third-order valence-corrected chi connectivity index (χ3v) is 3.29. The van der Waals surface area contributed by atoms with E-state index in [0.29, 0.717) is 5.69 Å². The summed E-state index contributed by atoms with van der Waals surface area (Å²) in [7, 11) is 1.34. The summed E-state index contributed by atoms with van der Waals surface area (Å²) in [5, 5.41) is 3.05. The van der Waals surface area contributed by atoms with E-state index in [-0.39, 0.29) is 5.82 Å². The Bertz CT molecular complexity index is 635. The van der Waals surface area contributed by atoms with Crippen molar-refractivity contribution in [3.8, 4) is 0 Å². The number of hydrogen-bond acceptors (Lipinski definition) is 3. The lowest BCUT2D eigenvalue weighted by Crippen LogP contribution is -2.23. The third kappa shape index (κ3) is 3.60. The number of nitrogens with one attached hydrogen (secondary N) is 1. The van der Waals surface area contributed by atoms with Crippen molar-refractivity contribution in [3.63, 3.8) is 0 Å². The molecule has 0 bridgehead atoms. The van der Waals surface area contributed by atoms with Crippen LogP contribution in [0.5, 0.6) is 0 Å². The fourth-order valence-electron chi connectivity index (χ4n) is 2.28. The highest BCUT2D eigenvalue weighted by Gasteiger charge is 2.23. The highest BCUT2D eigenvalue weighted by molar-refractivity contribution is 5.81. The SMILES string of the molecule is COC(=O)C(Nc1cc(C)cc(F)c1)c1ccccc1C. The Kier molecular flexibility index (Phi) is 4.58. The molecule has 1 unspecified atom stereocenters. The van der Waals surface area contributed by atoms with E-state index in [1.807, 2.05) is 31.2 Å². The van der Waals surface area contributed by atoms with Gasteiger partial charge in [-0.3, -0.25) is 0 Å². The molecule has 2 aromatic carbocycles. The molecule has 0 radical (unpaired) electrons. The van der Waals surface area contributed by atoms with Crippen LogP contribution in [0.15, 0.2) is 42.5 Å². The number of ether oxygens (including phenoxy) is 1. The van der Waals surface area contributed by atoms with Crippen LogP contribution in [0.4, 0.5) is 10.1 Å². The number of benzene rings is 2. The Morgan fingerprint density at radius 1 is 1.19 bits per heavy atom. The topological polar surface area (TPSA) is 38.3 Å². The maximum atomic E-state index is 13.5. The molecule has 1 N–H and O–H groups in total. The molecule has 0 saturated heterocycles. The number of hydrogen-bond donors (Lipinski definition) is 1. The van der Waals surface area contributed by atoms with Crippen LogP contribution in [0.25, 0.3) is 0 Å². The van der Waals surface area contributed by atoms with Crippen molar-refractivity contribution in [2.24, 2.45) is 0 Å². The Balaban J connectivity index is 2.38. The molecule has 0 aliphatic rings. The van der Waals surface area contributed by atoms with E-state index in [1.165, 1.54) is 19.2 Å². The summed E-state index contributed by atoms with van der Waals surface area (Å²) in [5.41, 5.74) is 3.11. The van der Waals surface area contributed by atoms with Crippen LogP contribution >= 0.6 is 0 Å². The molecule has 2 rings (SSSR count). The predicted octanol–water partition coefficient (Wildman–Crippen LogP) is 3.77. The van der Waals surface area contributed by atoms with Gasteiger partial charge in [-0.1, -0.05) is 24.3 Å². The van der Waals surface area contributed by atoms with Gasteiger partial charge in [0, 0.05) is 5.69 Å². The summed E-state index contributed by atoms with van der Waals surface area (Å²) in [5.74, 6) is -0.753. The first-order chi connectivity index (χ1) is 10.0. The van der Waals surface area contributed by atoms with Crippen molar-refractivity contribution in [1.82, 2.24) is 0 Å². The molecule has 3 nitrogen and oxygen atoms in total. The van der Waals surface area contributed by atoms with Gasteiger partial charge in [-0.05, 0) is 48.7 Å². The van der Waals surface area contributed by atoms with Crippen molar-refractivity contribution >= 4 is 11.7 Å². The van der Waals surface area contributed by atoms with Gasteiger partial charge >= 0.3 is 5.97 Å². The predicted molar refractivity (Wildman–Crippen MR) is 80.7 cm³/mol. The first-order valence-corrected chi connectivity index (χ1v) is 6.68. The molecular weight excluding hydrogens is 269 g/mol. The lowest BCUT2D eigenvalue weighted by Gasteiger charge is -2.20. The first kappa shape index (κ1) is 15.0. The largest absolute Gasteiger partial charge is 0.467 e. The zero-order valence-electron chi connectivity index (χ0n) is 12.3. The summed E-state index contributed by atoms with van der Waals surface area (Å²) < 4.78 is 18.3. The average molecular weight is 287 g/mol. The van der Waals surface area contributed by atoms with E-state index in [0.717, 1.165) is 16.7 Å². The van der Waals surface area contributed by atoms with Crippen molar-refractivity contribution in [1.29, 1.82) is 0 Å². The van der Waals surface area contributed by atoms with E-state index in [4.69, 9.17) is 4.74 Å². The molecule has 0 spiro atoms. The number of anilines is 1. The quantitative estimate of drug-likeness (QED) is 0.870. The van der Waals surface area contributed by atoms with Crippen LogP contribution in [-0.4, -0.2) is 13.1 Å². The molecule has 0 amide bonds. The van der Waals surface area contributed by atoms with Gasteiger partial charge in [0.15, 0.2) is 6.04 Å². The highest BCUT2D eigenvalue weighted by Crippen LogP contribution is 2.24. The number of esters is 1. The molecule has 4 heteroatoms.